The molecule has 0 saturated carbocycles. The number of nitrogens with two attached hydrogens (primary N) is 1. The third-order valence-corrected chi connectivity index (χ3v) is 3.81. The van der Waals surface area contributed by atoms with E-state index in [4.69, 9.17) is 15.6 Å². The Balaban J connectivity index is 1.92. The van der Waals surface area contributed by atoms with E-state index in [9.17, 15) is 4.79 Å². The number of aliphatic carboxylic acids is 1. The summed E-state index contributed by atoms with van der Waals surface area (Å²) in [6, 6.07) is 0. The van der Waals surface area contributed by atoms with Crippen LogP contribution < -0.4 is 5.73 Å². The van der Waals surface area contributed by atoms with Gasteiger partial charge in [-0.1, -0.05) is 11.8 Å². The molecule has 1 atom stereocenters. The van der Waals surface area contributed by atoms with Gasteiger partial charge in [-0.05, 0) is 18.8 Å². The smallest absolute Gasteiger partial charge is 0.313 e. The lowest BCUT2D eigenvalue weighted by Crippen LogP contribution is -2.10. The number of carboxylic acid groups (broad SMARTS) is 1. The zero-order chi connectivity index (χ0) is 13.0. The molecule has 8 heteroatoms. The molecule has 1 aliphatic heterocycles. The van der Waals surface area contributed by atoms with E-state index in [1.165, 1.54) is 0 Å². The number of thioether (sulfide) groups is 1. The van der Waals surface area contributed by atoms with Gasteiger partial charge in [-0.2, -0.15) is 0 Å². The van der Waals surface area contributed by atoms with Crippen molar-refractivity contribution in [1.29, 1.82) is 0 Å². The lowest BCUT2D eigenvalue weighted by atomic mass is 10.1. The monoisotopic (exact) mass is 272 g/mol. The van der Waals surface area contributed by atoms with Gasteiger partial charge < -0.3 is 15.6 Å². The zero-order valence-electron chi connectivity index (χ0n) is 9.91. The van der Waals surface area contributed by atoms with E-state index in [1.807, 2.05) is 0 Å². The first kappa shape index (κ1) is 13.2. The topological polar surface area (TPSA) is 103 Å². The third-order valence-electron chi connectivity index (χ3n) is 2.86. The first-order valence-electron chi connectivity index (χ1n) is 5.78. The van der Waals surface area contributed by atoms with E-state index < -0.39 is 5.97 Å². The van der Waals surface area contributed by atoms with Crippen molar-refractivity contribution in [3.63, 3.8) is 0 Å². The van der Waals surface area contributed by atoms with Crippen molar-refractivity contribution < 1.29 is 14.6 Å². The molecule has 0 aromatic carbocycles. The van der Waals surface area contributed by atoms with Gasteiger partial charge in [-0.15, -0.1) is 10.2 Å². The first-order valence-corrected chi connectivity index (χ1v) is 6.76. The Kier molecular flexibility index (Phi) is 4.43. The number of aromatic nitrogens is 3. The van der Waals surface area contributed by atoms with Gasteiger partial charge in [0.15, 0.2) is 5.16 Å². The van der Waals surface area contributed by atoms with Crippen molar-refractivity contribution in [2.75, 3.05) is 24.7 Å². The van der Waals surface area contributed by atoms with Crippen LogP contribution in [-0.2, 0) is 16.1 Å². The average molecular weight is 272 g/mol. The summed E-state index contributed by atoms with van der Waals surface area (Å²) in [6.07, 6.45) is 2.02. The van der Waals surface area contributed by atoms with E-state index in [1.54, 1.807) is 4.57 Å². The molecular formula is C10H16N4O3S. The Morgan fingerprint density at radius 3 is 3.11 bits per heavy atom. The van der Waals surface area contributed by atoms with Crippen LogP contribution in [0.2, 0.25) is 0 Å². The van der Waals surface area contributed by atoms with E-state index in [2.05, 4.69) is 10.2 Å². The lowest BCUT2D eigenvalue weighted by molar-refractivity contribution is -0.133. The van der Waals surface area contributed by atoms with Crippen LogP contribution in [0.15, 0.2) is 5.16 Å². The summed E-state index contributed by atoms with van der Waals surface area (Å²) < 4.78 is 7.08. The van der Waals surface area contributed by atoms with E-state index >= 15 is 0 Å². The number of nitrogen functional groups attached to an aromatic ring is 1. The van der Waals surface area contributed by atoms with Crippen LogP contribution in [0.5, 0.6) is 0 Å². The van der Waals surface area contributed by atoms with Crippen LogP contribution in [0.25, 0.3) is 0 Å². The van der Waals surface area contributed by atoms with Gasteiger partial charge in [0.2, 0.25) is 5.95 Å². The fraction of sp³-hybridized carbons (Fsp3) is 0.700. The molecule has 0 bridgehead atoms. The molecule has 0 spiro atoms. The molecule has 0 aliphatic carbocycles. The van der Waals surface area contributed by atoms with Crippen LogP contribution in [0, 0.1) is 5.92 Å². The second-order valence-electron chi connectivity index (χ2n) is 4.19. The van der Waals surface area contributed by atoms with Crippen molar-refractivity contribution in [3.05, 3.63) is 0 Å². The number of carbonyl (C=O) groups is 1. The Labute approximate surface area is 109 Å². The van der Waals surface area contributed by atoms with Crippen molar-refractivity contribution in [2.45, 2.75) is 24.5 Å². The van der Waals surface area contributed by atoms with Gasteiger partial charge in [-0.3, -0.25) is 9.36 Å². The van der Waals surface area contributed by atoms with Crippen LogP contribution in [0.3, 0.4) is 0 Å². The van der Waals surface area contributed by atoms with Gasteiger partial charge in [0.25, 0.3) is 0 Å². The number of rotatable bonds is 6. The van der Waals surface area contributed by atoms with E-state index in [0.717, 1.165) is 37.8 Å². The van der Waals surface area contributed by atoms with Crippen LogP contribution in [0.4, 0.5) is 5.95 Å². The number of anilines is 1. The first-order chi connectivity index (χ1) is 8.66. The minimum absolute atomic E-state index is 0.0370. The van der Waals surface area contributed by atoms with Gasteiger partial charge in [-0.25, -0.2) is 0 Å². The molecule has 1 aromatic rings. The molecule has 3 N–H and O–H groups in total. The van der Waals surface area contributed by atoms with Crippen molar-refractivity contribution >= 4 is 23.7 Å². The second-order valence-corrected chi connectivity index (χ2v) is 5.14. The summed E-state index contributed by atoms with van der Waals surface area (Å²) in [4.78, 5) is 10.5. The van der Waals surface area contributed by atoms with E-state index in [0.29, 0.717) is 23.6 Å². The average Bonchev–Trinajstić information content (AvgIpc) is 2.94. The van der Waals surface area contributed by atoms with Gasteiger partial charge in [0.05, 0.1) is 5.75 Å². The molecule has 0 radical (unpaired) electrons. The van der Waals surface area contributed by atoms with Crippen molar-refractivity contribution in [3.8, 4) is 0 Å². The highest BCUT2D eigenvalue weighted by Gasteiger charge is 2.18. The summed E-state index contributed by atoms with van der Waals surface area (Å²) in [5, 5.41) is 16.9. The summed E-state index contributed by atoms with van der Waals surface area (Å²) in [5.74, 6) is -0.0340. The number of carboxylic acids is 1. The maximum absolute atomic E-state index is 10.5. The fourth-order valence-corrected chi connectivity index (χ4v) is 2.56. The van der Waals surface area contributed by atoms with Crippen molar-refractivity contribution in [2.24, 2.45) is 5.92 Å². The maximum atomic E-state index is 10.5. The Morgan fingerprint density at radius 1 is 1.61 bits per heavy atom. The molecule has 1 fully saturated rings. The molecule has 1 aromatic heterocycles. The highest BCUT2D eigenvalue weighted by Crippen LogP contribution is 2.22. The minimum Gasteiger partial charge on any atom is -0.481 e. The molecule has 18 heavy (non-hydrogen) atoms. The van der Waals surface area contributed by atoms with Gasteiger partial charge >= 0.3 is 5.97 Å². The lowest BCUT2D eigenvalue weighted by Gasteiger charge is -2.10. The number of hydrogen-bond acceptors (Lipinski definition) is 6. The summed E-state index contributed by atoms with van der Waals surface area (Å²) in [5.41, 5.74) is 5.73. The summed E-state index contributed by atoms with van der Waals surface area (Å²) in [6.45, 7) is 2.32. The molecule has 2 heterocycles. The number of hydrogen-bond donors (Lipinski definition) is 2. The minimum atomic E-state index is -0.877. The SMILES string of the molecule is Nc1nnc(SCC(=O)O)n1CCC1CCOC1. The highest BCUT2D eigenvalue weighted by molar-refractivity contribution is 7.99. The zero-order valence-corrected chi connectivity index (χ0v) is 10.7. The molecule has 1 aliphatic rings. The fourth-order valence-electron chi connectivity index (χ4n) is 1.87. The largest absolute Gasteiger partial charge is 0.481 e. The predicted octanol–water partition coefficient (Wildman–Crippen LogP) is 0.464. The van der Waals surface area contributed by atoms with Crippen molar-refractivity contribution in [1.82, 2.24) is 14.8 Å². The predicted molar refractivity (Wildman–Crippen MR) is 66.3 cm³/mol. The van der Waals surface area contributed by atoms with Crippen LogP contribution >= 0.6 is 11.8 Å². The Morgan fingerprint density at radius 2 is 2.44 bits per heavy atom. The van der Waals surface area contributed by atoms with Crippen LogP contribution in [0.1, 0.15) is 12.8 Å². The second kappa shape index (κ2) is 6.05. The highest BCUT2D eigenvalue weighted by atomic mass is 32.2. The molecule has 1 unspecified atom stereocenters. The standard InChI is InChI=1S/C10H16N4O3S/c11-9-12-13-10(18-6-8(15)16)14(9)3-1-7-2-4-17-5-7/h7H,1-6H2,(H2,11,12)(H,15,16). The molecule has 100 valence electrons. The quantitative estimate of drug-likeness (QED) is 0.725. The van der Waals surface area contributed by atoms with E-state index in [-0.39, 0.29) is 5.75 Å². The third kappa shape index (κ3) is 3.36. The van der Waals surface area contributed by atoms with Crippen LogP contribution in [-0.4, -0.2) is 44.8 Å². The molecule has 1 saturated heterocycles. The number of nitrogens with zero attached hydrogens (tertiary/aromatic N) is 3. The molecular weight excluding hydrogens is 256 g/mol. The molecule has 7 nitrogen and oxygen atoms in total. The summed E-state index contributed by atoms with van der Waals surface area (Å²) in [7, 11) is 0. The number of ether oxygens (including phenoxy) is 1. The molecule has 0 amide bonds. The Hall–Kier alpha value is -1.28. The van der Waals surface area contributed by atoms with Gasteiger partial charge in [0, 0.05) is 19.8 Å². The normalized spacial score (nSPS) is 19.2. The maximum Gasteiger partial charge on any atom is 0.313 e. The molecule has 2 rings (SSSR count). The summed E-state index contributed by atoms with van der Waals surface area (Å²) >= 11 is 1.14. The Bertz CT molecular complexity index is 417. The van der Waals surface area contributed by atoms with Gasteiger partial charge in [0.1, 0.15) is 0 Å².